The van der Waals surface area contributed by atoms with Gasteiger partial charge in [-0.25, -0.2) is 0 Å². The maximum absolute atomic E-state index is 11.8. The van der Waals surface area contributed by atoms with E-state index in [1.54, 1.807) is 19.2 Å². The van der Waals surface area contributed by atoms with Crippen LogP contribution in [0.4, 0.5) is 5.69 Å². The number of rotatable bonds is 3. The van der Waals surface area contributed by atoms with Crippen molar-refractivity contribution in [3.8, 4) is 18.1 Å². The van der Waals surface area contributed by atoms with E-state index in [1.807, 2.05) is 0 Å². The lowest BCUT2D eigenvalue weighted by molar-refractivity contribution is -0.119. The number of hydrogen-bond donors (Lipinski definition) is 2. The predicted molar refractivity (Wildman–Crippen MR) is 62.9 cm³/mol. The van der Waals surface area contributed by atoms with Gasteiger partial charge in [-0.2, -0.15) is 0 Å². The summed E-state index contributed by atoms with van der Waals surface area (Å²) in [7, 11) is 1.62. The summed E-state index contributed by atoms with van der Waals surface area (Å²) in [4.78, 5) is 13.2. The van der Waals surface area contributed by atoms with E-state index in [0.29, 0.717) is 5.69 Å². The number of terminal acetylenes is 1. The monoisotopic (exact) mass is 218 g/mol. The predicted octanol–water partition coefficient (Wildman–Crippen LogP) is 0.706. The zero-order valence-corrected chi connectivity index (χ0v) is 9.05. The molecular weight excluding hydrogens is 204 g/mol. The van der Waals surface area contributed by atoms with Gasteiger partial charge in [-0.05, 0) is 24.3 Å². The van der Waals surface area contributed by atoms with Crippen molar-refractivity contribution in [1.82, 2.24) is 0 Å². The van der Waals surface area contributed by atoms with Crippen molar-refractivity contribution in [1.29, 1.82) is 0 Å². The number of anilines is 1. The van der Waals surface area contributed by atoms with Crippen LogP contribution in [-0.2, 0) is 4.79 Å². The molecule has 84 valence electrons. The molecule has 0 aromatic heterocycles. The van der Waals surface area contributed by atoms with Gasteiger partial charge in [-0.15, -0.1) is 12.3 Å². The Kier molecular flexibility index (Phi) is 3.92. The van der Waals surface area contributed by atoms with Crippen LogP contribution < -0.4 is 10.6 Å². The minimum Gasteiger partial charge on any atom is -0.508 e. The van der Waals surface area contributed by atoms with Crippen LogP contribution >= 0.6 is 0 Å². The number of phenolic OH excluding ortho intramolecular Hbond substituents is 1. The maximum atomic E-state index is 11.8. The van der Waals surface area contributed by atoms with E-state index in [-0.39, 0.29) is 18.1 Å². The fourth-order valence-corrected chi connectivity index (χ4v) is 1.27. The summed E-state index contributed by atoms with van der Waals surface area (Å²) in [5.41, 5.74) is 6.28. The highest BCUT2D eigenvalue weighted by Gasteiger charge is 2.17. The molecule has 3 N–H and O–H groups in total. The van der Waals surface area contributed by atoms with Crippen LogP contribution in [-0.4, -0.2) is 24.1 Å². The molecule has 0 aliphatic carbocycles. The van der Waals surface area contributed by atoms with Crippen molar-refractivity contribution in [3.05, 3.63) is 24.3 Å². The number of carbonyl (C=O) groups excluding carboxylic acids is 1. The Balaban J connectivity index is 2.78. The van der Waals surface area contributed by atoms with Crippen molar-refractivity contribution in [2.45, 2.75) is 12.5 Å². The first-order chi connectivity index (χ1) is 7.56. The average molecular weight is 218 g/mol. The van der Waals surface area contributed by atoms with Crippen LogP contribution in [0.25, 0.3) is 0 Å². The molecule has 0 aliphatic rings. The van der Waals surface area contributed by atoms with Crippen LogP contribution in [0.3, 0.4) is 0 Å². The number of likely N-dealkylation sites (N-methyl/N-ethyl adjacent to an activating group) is 1. The van der Waals surface area contributed by atoms with Crippen LogP contribution in [0.5, 0.6) is 5.75 Å². The second kappa shape index (κ2) is 5.19. The molecule has 0 aliphatic heterocycles. The number of carbonyl (C=O) groups is 1. The van der Waals surface area contributed by atoms with E-state index in [0.717, 1.165) is 0 Å². The summed E-state index contributed by atoms with van der Waals surface area (Å²) in [6, 6.07) is 5.59. The topological polar surface area (TPSA) is 66.6 Å². The van der Waals surface area contributed by atoms with Gasteiger partial charge in [0.15, 0.2) is 0 Å². The molecule has 0 saturated heterocycles. The molecule has 1 aromatic rings. The number of hydrogen-bond acceptors (Lipinski definition) is 3. The fourth-order valence-electron chi connectivity index (χ4n) is 1.27. The Bertz CT molecular complexity index is 406. The van der Waals surface area contributed by atoms with Crippen LogP contribution in [0, 0.1) is 12.3 Å². The van der Waals surface area contributed by atoms with E-state index in [4.69, 9.17) is 17.3 Å². The number of benzene rings is 1. The van der Waals surface area contributed by atoms with Crippen molar-refractivity contribution in [2.24, 2.45) is 5.73 Å². The SMILES string of the molecule is C#CCC(N)C(=O)N(C)c1ccc(O)cc1. The Hall–Kier alpha value is -1.99. The molecule has 1 rings (SSSR count). The number of amides is 1. The third-order valence-corrected chi connectivity index (χ3v) is 2.22. The van der Waals surface area contributed by atoms with E-state index in [9.17, 15) is 4.79 Å². The molecule has 0 heterocycles. The van der Waals surface area contributed by atoms with E-state index < -0.39 is 6.04 Å². The number of nitrogens with zero attached hydrogens (tertiary/aromatic N) is 1. The van der Waals surface area contributed by atoms with Crippen molar-refractivity contribution >= 4 is 11.6 Å². The number of aromatic hydroxyl groups is 1. The highest BCUT2D eigenvalue weighted by atomic mass is 16.3. The van der Waals surface area contributed by atoms with E-state index >= 15 is 0 Å². The van der Waals surface area contributed by atoms with Gasteiger partial charge in [0.25, 0.3) is 0 Å². The molecule has 0 spiro atoms. The molecule has 0 saturated carbocycles. The van der Waals surface area contributed by atoms with E-state index in [2.05, 4.69) is 5.92 Å². The third kappa shape index (κ3) is 2.75. The normalized spacial score (nSPS) is 11.6. The zero-order valence-electron chi connectivity index (χ0n) is 9.05. The summed E-state index contributed by atoms with van der Waals surface area (Å²) >= 11 is 0. The lowest BCUT2D eigenvalue weighted by Gasteiger charge is -2.20. The first kappa shape index (κ1) is 12.1. The molecule has 1 amide bonds. The lowest BCUT2D eigenvalue weighted by Crippen LogP contribution is -2.41. The van der Waals surface area contributed by atoms with Gasteiger partial charge < -0.3 is 15.7 Å². The van der Waals surface area contributed by atoms with Gasteiger partial charge in [0.05, 0.1) is 6.04 Å². The number of nitrogens with two attached hydrogens (primary N) is 1. The first-order valence-corrected chi connectivity index (χ1v) is 4.82. The van der Waals surface area contributed by atoms with Crippen molar-refractivity contribution < 1.29 is 9.90 Å². The summed E-state index contributed by atoms with van der Waals surface area (Å²) < 4.78 is 0. The van der Waals surface area contributed by atoms with Gasteiger partial charge in [0.2, 0.25) is 5.91 Å². The molecule has 1 aromatic carbocycles. The quantitative estimate of drug-likeness (QED) is 0.734. The molecule has 1 unspecified atom stereocenters. The molecule has 0 bridgehead atoms. The third-order valence-electron chi connectivity index (χ3n) is 2.22. The van der Waals surface area contributed by atoms with Crippen molar-refractivity contribution in [3.63, 3.8) is 0 Å². The Morgan fingerprint density at radius 3 is 2.62 bits per heavy atom. The Morgan fingerprint density at radius 2 is 2.12 bits per heavy atom. The lowest BCUT2D eigenvalue weighted by atomic mass is 10.2. The maximum Gasteiger partial charge on any atom is 0.244 e. The van der Waals surface area contributed by atoms with Crippen LogP contribution in [0.15, 0.2) is 24.3 Å². The molecule has 16 heavy (non-hydrogen) atoms. The summed E-state index contributed by atoms with van der Waals surface area (Å²) in [6.07, 6.45) is 5.30. The number of phenols is 1. The molecule has 1 atom stereocenters. The average Bonchev–Trinajstić information content (AvgIpc) is 2.28. The van der Waals surface area contributed by atoms with Gasteiger partial charge in [0, 0.05) is 19.2 Å². The summed E-state index contributed by atoms with van der Waals surface area (Å²) in [6.45, 7) is 0. The van der Waals surface area contributed by atoms with Gasteiger partial charge >= 0.3 is 0 Å². The van der Waals surface area contributed by atoms with E-state index in [1.165, 1.54) is 17.0 Å². The highest BCUT2D eigenvalue weighted by molar-refractivity contribution is 5.96. The van der Waals surface area contributed by atoms with Crippen molar-refractivity contribution in [2.75, 3.05) is 11.9 Å². The first-order valence-electron chi connectivity index (χ1n) is 4.82. The largest absolute Gasteiger partial charge is 0.508 e. The molecule has 0 fully saturated rings. The second-order valence-corrected chi connectivity index (χ2v) is 3.43. The van der Waals surface area contributed by atoms with Gasteiger partial charge in [-0.1, -0.05) is 0 Å². The minimum atomic E-state index is -0.691. The second-order valence-electron chi connectivity index (χ2n) is 3.43. The molecule has 4 heteroatoms. The van der Waals surface area contributed by atoms with Crippen LogP contribution in [0.1, 0.15) is 6.42 Å². The standard InChI is InChI=1S/C12H14N2O2/c1-3-4-11(13)12(16)14(2)9-5-7-10(15)8-6-9/h1,5-8,11,15H,4,13H2,2H3. The zero-order chi connectivity index (χ0) is 12.1. The molecular formula is C12H14N2O2. The smallest absolute Gasteiger partial charge is 0.244 e. The minimum absolute atomic E-state index is 0.150. The summed E-state index contributed by atoms with van der Waals surface area (Å²) in [5, 5.41) is 9.12. The fraction of sp³-hybridized carbons (Fsp3) is 0.250. The van der Waals surface area contributed by atoms with Gasteiger partial charge in [0.1, 0.15) is 5.75 Å². The molecule has 4 nitrogen and oxygen atoms in total. The Morgan fingerprint density at radius 1 is 1.56 bits per heavy atom. The molecule has 0 radical (unpaired) electrons. The Labute approximate surface area is 94.7 Å². The summed E-state index contributed by atoms with van der Waals surface area (Å²) in [5.74, 6) is 2.26. The van der Waals surface area contributed by atoms with Gasteiger partial charge in [-0.3, -0.25) is 4.79 Å². The highest BCUT2D eigenvalue weighted by Crippen LogP contribution is 2.17. The van der Waals surface area contributed by atoms with Crippen LogP contribution in [0.2, 0.25) is 0 Å².